The van der Waals surface area contributed by atoms with Gasteiger partial charge >= 0.3 is 0 Å². The Kier molecular flexibility index (Phi) is 10.0. The van der Waals surface area contributed by atoms with Gasteiger partial charge in [0.15, 0.2) is 11.5 Å². The summed E-state index contributed by atoms with van der Waals surface area (Å²) in [7, 11) is 5.65. The fourth-order valence-corrected chi connectivity index (χ4v) is 3.78. The van der Waals surface area contributed by atoms with Crippen molar-refractivity contribution in [1.29, 1.82) is 0 Å². The van der Waals surface area contributed by atoms with E-state index in [1.807, 2.05) is 26.2 Å². The minimum atomic E-state index is 0.0622. The van der Waals surface area contributed by atoms with Crippen molar-refractivity contribution in [2.75, 3.05) is 46.2 Å². The van der Waals surface area contributed by atoms with Crippen LogP contribution in [-0.4, -0.2) is 64.3 Å². The van der Waals surface area contributed by atoms with Gasteiger partial charge in [0.1, 0.15) is 6.29 Å². The van der Waals surface area contributed by atoms with Crippen molar-refractivity contribution in [2.24, 2.45) is 5.92 Å². The van der Waals surface area contributed by atoms with Crippen LogP contribution in [0.2, 0.25) is 0 Å². The Hall–Kier alpha value is -1.54. The summed E-state index contributed by atoms with van der Waals surface area (Å²) in [6, 6.07) is 6.56. The highest BCUT2D eigenvalue weighted by molar-refractivity contribution is 5.55. The highest BCUT2D eigenvalue weighted by Gasteiger charge is 2.31. The summed E-state index contributed by atoms with van der Waals surface area (Å²) < 4.78 is 11.6. The van der Waals surface area contributed by atoms with Crippen LogP contribution in [0, 0.1) is 5.92 Å². The summed E-state index contributed by atoms with van der Waals surface area (Å²) in [5.74, 6) is 1.95. The Morgan fingerprint density at radius 2 is 2.07 bits per heavy atom. The summed E-state index contributed by atoms with van der Waals surface area (Å²) in [5, 5.41) is 13.9. The molecule has 0 radical (unpaired) electrons. The van der Waals surface area contributed by atoms with Crippen molar-refractivity contribution in [3.05, 3.63) is 18.2 Å². The van der Waals surface area contributed by atoms with E-state index in [0.29, 0.717) is 18.6 Å². The van der Waals surface area contributed by atoms with Gasteiger partial charge in [-0.3, -0.25) is 10.2 Å². The van der Waals surface area contributed by atoms with Crippen LogP contribution >= 0.6 is 0 Å². The van der Waals surface area contributed by atoms with Crippen LogP contribution in [0.15, 0.2) is 18.2 Å². The first-order valence-electron chi connectivity index (χ1n) is 10.9. The molecular weight excluding hydrogens is 366 g/mol. The molecule has 166 valence electrons. The van der Waals surface area contributed by atoms with Crippen LogP contribution < -0.4 is 30.7 Å². The van der Waals surface area contributed by atoms with Gasteiger partial charge in [0, 0.05) is 36.8 Å². The fraction of sp³-hybridized carbons (Fsp3) is 0.727. The molecule has 7 nitrogen and oxygen atoms in total. The van der Waals surface area contributed by atoms with Gasteiger partial charge in [0.25, 0.3) is 0 Å². The summed E-state index contributed by atoms with van der Waals surface area (Å²) >= 11 is 0. The monoisotopic (exact) mass is 407 g/mol. The molecule has 29 heavy (non-hydrogen) atoms. The SMILES string of the molecule is CCCCN1C(C)CC(NC)NC1Nc1ccc(OC)c(OCC(C)CNC)c1. The van der Waals surface area contributed by atoms with Gasteiger partial charge in [0.2, 0.25) is 0 Å². The molecule has 4 N–H and O–H groups in total. The Morgan fingerprint density at radius 3 is 2.72 bits per heavy atom. The lowest BCUT2D eigenvalue weighted by atomic mass is 10.1. The van der Waals surface area contributed by atoms with Crippen molar-refractivity contribution in [1.82, 2.24) is 20.9 Å². The van der Waals surface area contributed by atoms with Crippen molar-refractivity contribution in [2.45, 2.75) is 58.5 Å². The molecule has 4 atom stereocenters. The first-order valence-corrected chi connectivity index (χ1v) is 10.9. The molecule has 1 aromatic carbocycles. The molecule has 1 fully saturated rings. The summed E-state index contributed by atoms with van der Waals surface area (Å²) in [5.41, 5.74) is 1.02. The molecule has 0 aromatic heterocycles. The smallest absolute Gasteiger partial charge is 0.163 e. The zero-order valence-electron chi connectivity index (χ0n) is 19.0. The zero-order valence-corrected chi connectivity index (χ0v) is 19.0. The second-order valence-corrected chi connectivity index (χ2v) is 8.07. The third-order valence-corrected chi connectivity index (χ3v) is 5.49. The molecular formula is C22H41N5O2. The maximum Gasteiger partial charge on any atom is 0.163 e. The second-order valence-electron chi connectivity index (χ2n) is 8.07. The number of benzene rings is 1. The van der Waals surface area contributed by atoms with E-state index in [4.69, 9.17) is 9.47 Å². The average molecular weight is 408 g/mol. The summed E-state index contributed by atoms with van der Waals surface area (Å²) in [6.45, 7) is 9.34. The lowest BCUT2D eigenvalue weighted by Crippen LogP contribution is -2.65. The zero-order chi connectivity index (χ0) is 21.2. The molecule has 0 bridgehead atoms. The molecule has 0 spiro atoms. The number of nitrogens with one attached hydrogen (secondary N) is 4. The molecule has 0 saturated carbocycles. The normalized spacial score (nSPS) is 23.6. The molecule has 1 saturated heterocycles. The van der Waals surface area contributed by atoms with Crippen LogP contribution in [-0.2, 0) is 0 Å². The molecule has 1 aliphatic rings. The Morgan fingerprint density at radius 1 is 1.28 bits per heavy atom. The number of hydrogen-bond donors (Lipinski definition) is 4. The molecule has 4 unspecified atom stereocenters. The van der Waals surface area contributed by atoms with E-state index in [0.717, 1.165) is 36.7 Å². The standard InChI is InChI=1S/C22H41N5O2/c1-7-8-11-27-17(3)12-21(24-5)26-22(27)25-18-9-10-19(28-6)20(13-18)29-15-16(2)14-23-4/h9-10,13,16-17,21-26H,7-8,11-12,14-15H2,1-6H3. The number of ether oxygens (including phenoxy) is 2. The summed E-state index contributed by atoms with van der Waals surface area (Å²) in [6.07, 6.45) is 3.81. The van der Waals surface area contributed by atoms with Gasteiger partial charge in [0.05, 0.1) is 19.9 Å². The van der Waals surface area contributed by atoms with Gasteiger partial charge in [-0.05, 0) is 46.0 Å². The lowest BCUT2D eigenvalue weighted by Gasteiger charge is -2.45. The third-order valence-electron chi connectivity index (χ3n) is 5.49. The number of methoxy groups -OCH3 is 1. The first-order chi connectivity index (χ1) is 14.0. The number of rotatable bonds is 12. The predicted octanol–water partition coefficient (Wildman–Crippen LogP) is 2.65. The van der Waals surface area contributed by atoms with E-state index in [2.05, 4.69) is 53.0 Å². The highest BCUT2D eigenvalue weighted by Crippen LogP contribution is 2.31. The first kappa shape index (κ1) is 23.7. The van der Waals surface area contributed by atoms with E-state index >= 15 is 0 Å². The molecule has 1 heterocycles. The molecule has 7 heteroatoms. The average Bonchev–Trinajstić information content (AvgIpc) is 2.71. The van der Waals surface area contributed by atoms with Crippen molar-refractivity contribution in [3.63, 3.8) is 0 Å². The van der Waals surface area contributed by atoms with E-state index in [1.54, 1.807) is 7.11 Å². The molecule has 0 amide bonds. The van der Waals surface area contributed by atoms with Crippen LogP contribution in [0.3, 0.4) is 0 Å². The lowest BCUT2D eigenvalue weighted by molar-refractivity contribution is 0.0616. The van der Waals surface area contributed by atoms with Crippen molar-refractivity contribution < 1.29 is 9.47 Å². The highest BCUT2D eigenvalue weighted by atomic mass is 16.5. The van der Waals surface area contributed by atoms with E-state index in [1.165, 1.54) is 12.8 Å². The Labute approximate surface area is 176 Å². The second kappa shape index (κ2) is 12.2. The number of anilines is 1. The summed E-state index contributed by atoms with van der Waals surface area (Å²) in [4.78, 5) is 2.51. The minimum Gasteiger partial charge on any atom is -0.493 e. The maximum absolute atomic E-state index is 6.08. The van der Waals surface area contributed by atoms with Gasteiger partial charge in [-0.2, -0.15) is 0 Å². The van der Waals surface area contributed by atoms with Gasteiger partial charge in [-0.25, -0.2) is 0 Å². The van der Waals surface area contributed by atoms with Crippen LogP contribution in [0.4, 0.5) is 5.69 Å². The van der Waals surface area contributed by atoms with Crippen molar-refractivity contribution in [3.8, 4) is 11.5 Å². The van der Waals surface area contributed by atoms with Crippen LogP contribution in [0.5, 0.6) is 11.5 Å². The molecule has 2 rings (SSSR count). The largest absolute Gasteiger partial charge is 0.493 e. The van der Waals surface area contributed by atoms with Crippen LogP contribution in [0.25, 0.3) is 0 Å². The van der Waals surface area contributed by atoms with Crippen LogP contribution in [0.1, 0.15) is 40.0 Å². The minimum absolute atomic E-state index is 0.0622. The number of hydrogen-bond acceptors (Lipinski definition) is 7. The van der Waals surface area contributed by atoms with Gasteiger partial charge < -0.3 is 25.4 Å². The molecule has 1 aliphatic heterocycles. The Balaban J connectivity index is 2.13. The third kappa shape index (κ3) is 7.03. The van der Waals surface area contributed by atoms with Gasteiger partial charge in [-0.1, -0.05) is 20.3 Å². The number of nitrogens with zero attached hydrogens (tertiary/aromatic N) is 1. The van der Waals surface area contributed by atoms with E-state index < -0.39 is 0 Å². The van der Waals surface area contributed by atoms with E-state index in [-0.39, 0.29) is 12.5 Å². The number of unbranched alkanes of at least 4 members (excludes halogenated alkanes) is 1. The quantitative estimate of drug-likeness (QED) is 0.425. The fourth-order valence-electron chi connectivity index (χ4n) is 3.78. The van der Waals surface area contributed by atoms with Gasteiger partial charge in [-0.15, -0.1) is 0 Å². The van der Waals surface area contributed by atoms with Crippen molar-refractivity contribution >= 4 is 5.69 Å². The molecule has 1 aromatic rings. The molecule has 0 aliphatic carbocycles. The van der Waals surface area contributed by atoms with E-state index in [9.17, 15) is 0 Å². The Bertz CT molecular complexity index is 601. The predicted molar refractivity (Wildman–Crippen MR) is 121 cm³/mol. The topological polar surface area (TPSA) is 69.8 Å². The maximum atomic E-state index is 6.08.